The van der Waals surface area contributed by atoms with Gasteiger partial charge in [0, 0.05) is 17.2 Å². The average molecular weight is 294 g/mol. The van der Waals surface area contributed by atoms with Crippen LogP contribution >= 0.6 is 11.6 Å². The summed E-state index contributed by atoms with van der Waals surface area (Å²) in [6.07, 6.45) is 1.10. The number of methoxy groups -OCH3 is 1. The molecule has 1 aromatic heterocycles. The Kier molecular flexibility index (Phi) is 4.10. The second-order valence-corrected chi connectivity index (χ2v) is 4.51. The Hall–Kier alpha value is -2.27. The third kappa shape index (κ3) is 3.00. The highest BCUT2D eigenvalue weighted by atomic mass is 35.5. The Morgan fingerprint density at radius 2 is 2.10 bits per heavy atom. The normalized spacial score (nSPS) is 10.2. The van der Waals surface area contributed by atoms with Crippen molar-refractivity contribution in [3.63, 3.8) is 0 Å². The molecule has 0 saturated carbocycles. The van der Waals surface area contributed by atoms with Crippen LogP contribution in [0.5, 0.6) is 5.75 Å². The summed E-state index contributed by atoms with van der Waals surface area (Å²) in [6.45, 7) is 1.82. The molecular weight excluding hydrogens is 282 g/mol. The van der Waals surface area contributed by atoms with E-state index in [1.54, 1.807) is 12.1 Å². The Morgan fingerprint density at radius 1 is 1.35 bits per heavy atom. The van der Waals surface area contributed by atoms with Crippen LogP contribution in [0.25, 0.3) is 0 Å². The molecule has 2 rings (SSSR count). The maximum atomic E-state index is 12.0. The summed E-state index contributed by atoms with van der Waals surface area (Å²) in [5.74, 6) is 0.0418. The summed E-state index contributed by atoms with van der Waals surface area (Å²) >= 11 is 5.99. The average Bonchev–Trinajstić information content (AvgIpc) is 2.43. The zero-order valence-corrected chi connectivity index (χ0v) is 11.7. The molecule has 0 spiro atoms. The highest BCUT2D eigenvalue weighted by molar-refractivity contribution is 6.31. The predicted molar refractivity (Wildman–Crippen MR) is 75.7 cm³/mol. The number of carbonyl (C=O) groups excluding carboxylic acids is 1. The standard InChI is InChI=1S/C14H12ClNO4/c1-8-5-11(12(19-2)6-10(8)15)16-14(18)9-3-4-13(17)20-7-9/h3-7H,1-2H3,(H,16,18). The van der Waals surface area contributed by atoms with Crippen LogP contribution in [0.4, 0.5) is 5.69 Å². The van der Waals surface area contributed by atoms with Crippen LogP contribution in [-0.2, 0) is 0 Å². The number of hydrogen-bond acceptors (Lipinski definition) is 4. The van der Waals surface area contributed by atoms with E-state index in [2.05, 4.69) is 9.73 Å². The van der Waals surface area contributed by atoms with Gasteiger partial charge in [-0.15, -0.1) is 0 Å². The first-order chi connectivity index (χ1) is 9.51. The van der Waals surface area contributed by atoms with E-state index in [-0.39, 0.29) is 5.56 Å². The lowest BCUT2D eigenvalue weighted by atomic mass is 10.2. The van der Waals surface area contributed by atoms with Crippen LogP contribution in [0.1, 0.15) is 15.9 Å². The molecule has 1 heterocycles. The van der Waals surface area contributed by atoms with Gasteiger partial charge in [0.2, 0.25) is 0 Å². The number of benzene rings is 1. The van der Waals surface area contributed by atoms with Crippen LogP contribution in [0.2, 0.25) is 5.02 Å². The van der Waals surface area contributed by atoms with Gasteiger partial charge in [-0.3, -0.25) is 4.79 Å². The fraction of sp³-hybridized carbons (Fsp3) is 0.143. The zero-order valence-electron chi connectivity index (χ0n) is 10.9. The van der Waals surface area contributed by atoms with Gasteiger partial charge in [-0.2, -0.15) is 0 Å². The highest BCUT2D eigenvalue weighted by Crippen LogP contribution is 2.31. The Bertz CT molecular complexity index is 688. The second kappa shape index (κ2) is 5.79. The highest BCUT2D eigenvalue weighted by Gasteiger charge is 2.12. The van der Waals surface area contributed by atoms with Crippen LogP contribution in [0.15, 0.2) is 39.7 Å². The summed E-state index contributed by atoms with van der Waals surface area (Å²) in [5, 5.41) is 3.23. The van der Waals surface area contributed by atoms with Gasteiger partial charge in [0.15, 0.2) is 0 Å². The minimum absolute atomic E-state index is 0.235. The van der Waals surface area contributed by atoms with E-state index in [0.717, 1.165) is 11.8 Å². The van der Waals surface area contributed by atoms with E-state index in [9.17, 15) is 9.59 Å². The summed E-state index contributed by atoms with van der Waals surface area (Å²) < 4.78 is 9.81. The quantitative estimate of drug-likeness (QED) is 0.945. The number of ether oxygens (including phenoxy) is 1. The van der Waals surface area contributed by atoms with Gasteiger partial charge in [0.05, 0.1) is 18.4 Å². The molecule has 6 heteroatoms. The number of anilines is 1. The molecule has 0 fully saturated rings. The van der Waals surface area contributed by atoms with Crippen molar-refractivity contribution in [2.24, 2.45) is 0 Å². The predicted octanol–water partition coefficient (Wildman–Crippen LogP) is 2.86. The van der Waals surface area contributed by atoms with Gasteiger partial charge in [-0.25, -0.2) is 4.79 Å². The van der Waals surface area contributed by atoms with E-state index < -0.39 is 11.5 Å². The van der Waals surface area contributed by atoms with Crippen molar-refractivity contribution < 1.29 is 13.9 Å². The lowest BCUT2D eigenvalue weighted by Gasteiger charge is -2.12. The van der Waals surface area contributed by atoms with Crippen LogP contribution in [0.3, 0.4) is 0 Å². The fourth-order valence-electron chi connectivity index (χ4n) is 1.61. The number of rotatable bonds is 3. The summed E-state index contributed by atoms with van der Waals surface area (Å²) in [6, 6.07) is 5.89. The van der Waals surface area contributed by atoms with Gasteiger partial charge in [-0.05, 0) is 24.6 Å². The molecule has 0 aliphatic heterocycles. The summed E-state index contributed by atoms with van der Waals surface area (Å²) in [4.78, 5) is 22.9. The number of amides is 1. The lowest BCUT2D eigenvalue weighted by Crippen LogP contribution is -2.13. The molecule has 0 saturated heterocycles. The molecule has 5 nitrogen and oxygen atoms in total. The Labute approximate surface area is 120 Å². The minimum Gasteiger partial charge on any atom is -0.495 e. The first-order valence-corrected chi connectivity index (χ1v) is 6.13. The molecule has 104 valence electrons. The number of nitrogens with one attached hydrogen (secondary N) is 1. The molecule has 2 aromatic rings. The molecule has 1 amide bonds. The largest absolute Gasteiger partial charge is 0.495 e. The number of hydrogen-bond donors (Lipinski definition) is 1. The van der Waals surface area contributed by atoms with Gasteiger partial charge in [0.25, 0.3) is 5.91 Å². The van der Waals surface area contributed by atoms with Gasteiger partial charge in [-0.1, -0.05) is 11.6 Å². The molecule has 0 aliphatic carbocycles. The smallest absolute Gasteiger partial charge is 0.335 e. The van der Waals surface area contributed by atoms with Crippen molar-refractivity contribution in [2.45, 2.75) is 6.92 Å². The first-order valence-electron chi connectivity index (χ1n) is 5.75. The molecule has 0 bridgehead atoms. The van der Waals surface area contributed by atoms with E-state index in [1.165, 1.54) is 19.2 Å². The third-order valence-corrected chi connectivity index (χ3v) is 3.10. The second-order valence-electron chi connectivity index (χ2n) is 4.10. The van der Waals surface area contributed by atoms with Crippen LogP contribution in [0, 0.1) is 6.92 Å². The molecular formula is C14H12ClNO4. The summed E-state index contributed by atoms with van der Waals surface area (Å²) in [5.41, 5.74) is 1.02. The SMILES string of the molecule is COc1cc(Cl)c(C)cc1NC(=O)c1ccc(=O)oc1. The molecule has 0 radical (unpaired) electrons. The van der Waals surface area contributed by atoms with Gasteiger partial charge in [0.1, 0.15) is 12.0 Å². The molecule has 0 unspecified atom stereocenters. The maximum absolute atomic E-state index is 12.0. The van der Waals surface area contributed by atoms with E-state index in [4.69, 9.17) is 16.3 Å². The molecule has 1 N–H and O–H groups in total. The fourth-order valence-corrected chi connectivity index (χ4v) is 1.77. The van der Waals surface area contributed by atoms with Crippen molar-refractivity contribution in [2.75, 3.05) is 12.4 Å². The van der Waals surface area contributed by atoms with Gasteiger partial charge < -0.3 is 14.5 Å². The third-order valence-electron chi connectivity index (χ3n) is 2.69. The monoisotopic (exact) mass is 293 g/mol. The first kappa shape index (κ1) is 14.1. The topological polar surface area (TPSA) is 68.5 Å². The molecule has 0 atom stereocenters. The van der Waals surface area contributed by atoms with Crippen molar-refractivity contribution in [3.8, 4) is 5.75 Å². The van der Waals surface area contributed by atoms with Crippen LogP contribution in [-0.4, -0.2) is 13.0 Å². The Morgan fingerprint density at radius 3 is 2.70 bits per heavy atom. The molecule has 0 aliphatic rings. The van der Waals surface area contributed by atoms with Crippen molar-refractivity contribution in [1.82, 2.24) is 0 Å². The van der Waals surface area contributed by atoms with E-state index in [1.807, 2.05) is 6.92 Å². The molecule has 20 heavy (non-hydrogen) atoms. The van der Waals surface area contributed by atoms with Crippen molar-refractivity contribution >= 4 is 23.2 Å². The maximum Gasteiger partial charge on any atom is 0.335 e. The Balaban J connectivity index is 2.29. The van der Waals surface area contributed by atoms with Crippen molar-refractivity contribution in [1.29, 1.82) is 0 Å². The number of halogens is 1. The number of aryl methyl sites for hydroxylation is 1. The van der Waals surface area contributed by atoms with E-state index >= 15 is 0 Å². The van der Waals surface area contributed by atoms with Crippen LogP contribution < -0.4 is 15.7 Å². The number of carbonyl (C=O) groups is 1. The molecule has 1 aromatic carbocycles. The van der Waals surface area contributed by atoms with Crippen molar-refractivity contribution in [3.05, 3.63) is 57.1 Å². The van der Waals surface area contributed by atoms with E-state index in [0.29, 0.717) is 16.5 Å². The summed E-state index contributed by atoms with van der Waals surface area (Å²) in [7, 11) is 1.48. The minimum atomic E-state index is -0.513. The zero-order chi connectivity index (χ0) is 14.7. The lowest BCUT2D eigenvalue weighted by molar-refractivity contribution is 0.102. The van der Waals surface area contributed by atoms with Gasteiger partial charge >= 0.3 is 5.63 Å².